The number of methoxy groups -OCH3 is 1. The molecule has 4 heteroatoms. The molecule has 108 valence electrons. The molecule has 19 heavy (non-hydrogen) atoms. The normalized spacial score (nSPS) is 28.4. The molecule has 0 aliphatic heterocycles. The Morgan fingerprint density at radius 3 is 2.26 bits per heavy atom. The molecule has 0 radical (unpaired) electrons. The van der Waals surface area contributed by atoms with Crippen LogP contribution in [0.3, 0.4) is 0 Å². The van der Waals surface area contributed by atoms with Crippen LogP contribution in [0, 0.1) is 11.3 Å². The first-order chi connectivity index (χ1) is 8.90. The van der Waals surface area contributed by atoms with Crippen molar-refractivity contribution in [1.29, 1.82) is 0 Å². The molecule has 0 aromatic rings. The van der Waals surface area contributed by atoms with E-state index in [4.69, 9.17) is 9.47 Å². The van der Waals surface area contributed by atoms with Crippen molar-refractivity contribution in [2.24, 2.45) is 11.3 Å². The Labute approximate surface area is 130 Å². The van der Waals surface area contributed by atoms with Crippen molar-refractivity contribution >= 4 is 5.97 Å². The summed E-state index contributed by atoms with van der Waals surface area (Å²) in [6, 6.07) is 0. The van der Waals surface area contributed by atoms with E-state index in [1.165, 1.54) is 10.4 Å². The zero-order valence-corrected chi connectivity index (χ0v) is 18.7. The Balaban J connectivity index is 2.77. The molecule has 1 fully saturated rings. The van der Waals surface area contributed by atoms with E-state index in [9.17, 15) is 4.79 Å². The number of ether oxygens (including phenoxy) is 2. The van der Waals surface area contributed by atoms with Crippen molar-refractivity contribution < 1.29 is 38.8 Å². The average molecular weight is 457 g/mol. The fraction of sp³-hybridized carbons (Fsp3) is 0.933. The minimum atomic E-state index is -0.757. The van der Waals surface area contributed by atoms with Crippen molar-refractivity contribution in [1.82, 2.24) is 0 Å². The van der Waals surface area contributed by atoms with Gasteiger partial charge in [-0.1, -0.05) is 0 Å². The van der Waals surface area contributed by atoms with Crippen LogP contribution in [0.2, 0.25) is 8.36 Å². The molecule has 0 heterocycles. The number of hydrogen-bond acceptors (Lipinski definition) is 3. The topological polar surface area (TPSA) is 35.5 Å². The molecule has 0 unspecified atom stereocenters. The minimum absolute atomic E-state index is 0.0629. The molecule has 3 nitrogen and oxygen atoms in total. The van der Waals surface area contributed by atoms with Gasteiger partial charge in [0.25, 0.3) is 0 Å². The molecule has 0 amide bonds. The molecule has 0 saturated heterocycles. The van der Waals surface area contributed by atoms with E-state index in [1.54, 1.807) is 7.11 Å². The number of hydrogen-bond donors (Lipinski definition) is 0. The van der Waals surface area contributed by atoms with Gasteiger partial charge in [-0.2, -0.15) is 0 Å². The Morgan fingerprint density at radius 1 is 1.21 bits per heavy atom. The van der Waals surface area contributed by atoms with Gasteiger partial charge in [-0.15, -0.1) is 0 Å². The van der Waals surface area contributed by atoms with Crippen molar-refractivity contribution in [3.8, 4) is 0 Å². The first-order valence-corrected chi connectivity index (χ1v) is 17.0. The van der Waals surface area contributed by atoms with Crippen LogP contribution >= 0.6 is 0 Å². The summed E-state index contributed by atoms with van der Waals surface area (Å²) in [4.78, 5) is 12.1. The number of carbonyl (C=O) groups excluding carboxylic acids is 1. The zero-order chi connectivity index (χ0) is 14.5. The van der Waals surface area contributed by atoms with Crippen LogP contribution in [0.15, 0.2) is 0 Å². The molecule has 1 saturated carbocycles. The second-order valence-corrected chi connectivity index (χ2v) is 12.8. The summed E-state index contributed by atoms with van der Waals surface area (Å²) in [5, 5.41) is 0. The molecule has 1 rings (SSSR count). The van der Waals surface area contributed by atoms with Crippen LogP contribution in [0.1, 0.15) is 46.5 Å². The van der Waals surface area contributed by atoms with E-state index in [-0.39, 0.29) is 12.1 Å². The molecule has 0 N–H and O–H groups in total. The molecule has 0 spiro atoms. The Hall–Kier alpha value is 0.365. The Bertz CT molecular complexity index is 286. The van der Waals surface area contributed by atoms with Crippen LogP contribution in [0.25, 0.3) is 0 Å². The molecular formula is C15H28HgO3. The van der Waals surface area contributed by atoms with Gasteiger partial charge in [-0.25, -0.2) is 0 Å². The summed E-state index contributed by atoms with van der Waals surface area (Å²) in [5.41, 5.74) is -0.407. The molecule has 1 aliphatic rings. The fourth-order valence-electron chi connectivity index (χ4n) is 2.82. The monoisotopic (exact) mass is 458 g/mol. The van der Waals surface area contributed by atoms with E-state index >= 15 is 0 Å². The zero-order valence-electron chi connectivity index (χ0n) is 13.2. The second-order valence-electron chi connectivity index (χ2n) is 6.70. The Morgan fingerprint density at radius 2 is 1.79 bits per heavy atom. The van der Waals surface area contributed by atoms with Crippen LogP contribution in [-0.2, 0) is 38.8 Å². The van der Waals surface area contributed by atoms with Crippen LogP contribution < -0.4 is 0 Å². The summed E-state index contributed by atoms with van der Waals surface area (Å²) >= 11 is -0.757. The third kappa shape index (κ3) is 5.33. The van der Waals surface area contributed by atoms with Gasteiger partial charge in [0.05, 0.1) is 0 Å². The fourth-order valence-corrected chi connectivity index (χ4v) is 8.30. The van der Waals surface area contributed by atoms with Gasteiger partial charge >= 0.3 is 130 Å². The van der Waals surface area contributed by atoms with E-state index in [0.717, 1.165) is 19.3 Å². The summed E-state index contributed by atoms with van der Waals surface area (Å²) in [6.07, 6.45) is 4.86. The third-order valence-corrected chi connectivity index (χ3v) is 8.81. The Kier molecular flexibility index (Phi) is 7.30. The number of rotatable bonds is 4. The molecule has 0 bridgehead atoms. The SMILES string of the molecule is CO[C@@H]1CCCC[C@@H](OC(=O)C(C)(C)C)[C@H]1[CH2][Hg][CH3]. The first-order valence-electron chi connectivity index (χ1n) is 7.64. The molecular weight excluding hydrogens is 429 g/mol. The molecule has 0 aromatic carbocycles. The van der Waals surface area contributed by atoms with E-state index in [2.05, 4.69) is 4.43 Å². The van der Waals surface area contributed by atoms with Crippen LogP contribution in [0.5, 0.6) is 0 Å². The van der Waals surface area contributed by atoms with Gasteiger partial charge in [-0.3, -0.25) is 0 Å². The summed E-state index contributed by atoms with van der Waals surface area (Å²) in [7, 11) is 1.80. The summed E-state index contributed by atoms with van der Waals surface area (Å²) < 4.78 is 15.2. The van der Waals surface area contributed by atoms with Crippen molar-refractivity contribution in [3.63, 3.8) is 0 Å². The third-order valence-electron chi connectivity index (χ3n) is 3.98. The standard InChI is InChI=1S/C14H25O3.CH3.Hg/c1-10-11(16-5)8-6-7-9-12(10)17-13(15)14(2,3)4;;/h10-12H,1,6-9H2,2-5H3;1H3;/t10-,11+,12+;;/m0../s1. The van der Waals surface area contributed by atoms with Gasteiger partial charge in [0.2, 0.25) is 0 Å². The van der Waals surface area contributed by atoms with Crippen molar-refractivity contribution in [3.05, 3.63) is 0 Å². The van der Waals surface area contributed by atoms with Crippen molar-refractivity contribution in [2.45, 2.75) is 67.0 Å². The van der Waals surface area contributed by atoms with Gasteiger partial charge in [-0.05, 0) is 0 Å². The second kappa shape index (κ2) is 7.97. The van der Waals surface area contributed by atoms with E-state index < -0.39 is 30.0 Å². The van der Waals surface area contributed by atoms with E-state index in [1.807, 2.05) is 20.8 Å². The number of carbonyl (C=O) groups is 1. The van der Waals surface area contributed by atoms with Gasteiger partial charge in [0, 0.05) is 0 Å². The van der Waals surface area contributed by atoms with Crippen molar-refractivity contribution in [2.75, 3.05) is 7.11 Å². The maximum absolute atomic E-state index is 12.1. The molecule has 0 aromatic heterocycles. The van der Waals surface area contributed by atoms with Crippen LogP contribution in [-0.4, -0.2) is 25.3 Å². The van der Waals surface area contributed by atoms with Gasteiger partial charge < -0.3 is 0 Å². The van der Waals surface area contributed by atoms with E-state index in [0.29, 0.717) is 12.0 Å². The van der Waals surface area contributed by atoms with Gasteiger partial charge in [0.15, 0.2) is 0 Å². The average Bonchev–Trinajstić information content (AvgIpc) is 2.52. The quantitative estimate of drug-likeness (QED) is 0.367. The number of esters is 1. The maximum atomic E-state index is 12.1. The predicted molar refractivity (Wildman–Crippen MR) is 72.8 cm³/mol. The van der Waals surface area contributed by atoms with Crippen LogP contribution in [0.4, 0.5) is 0 Å². The molecule has 3 atom stereocenters. The predicted octanol–water partition coefficient (Wildman–Crippen LogP) is 3.70. The summed E-state index contributed by atoms with van der Waals surface area (Å²) in [6.45, 7) is 5.78. The molecule has 1 aliphatic carbocycles. The summed E-state index contributed by atoms with van der Waals surface area (Å²) in [5.74, 6) is 0.387. The first kappa shape index (κ1) is 17.4. The van der Waals surface area contributed by atoms with Gasteiger partial charge in [0.1, 0.15) is 0 Å².